The van der Waals surface area contributed by atoms with Crippen LogP contribution < -0.4 is 4.90 Å². The standard InChI is InChI=1S/C18H23N5O2S/c1-21(2)17(25)14-9-19-18(22(3)4)20-15(14)12-5-7-23(10-12)16(24)13-6-8-26-11-13/h6,8-9,11-12H,5,7,10H2,1-4H3. The highest BCUT2D eigenvalue weighted by molar-refractivity contribution is 7.08. The zero-order valence-electron chi connectivity index (χ0n) is 15.5. The highest BCUT2D eigenvalue weighted by Crippen LogP contribution is 2.30. The predicted molar refractivity (Wildman–Crippen MR) is 102 cm³/mol. The van der Waals surface area contributed by atoms with Crippen molar-refractivity contribution in [3.63, 3.8) is 0 Å². The van der Waals surface area contributed by atoms with E-state index in [1.807, 2.05) is 40.7 Å². The molecule has 0 spiro atoms. The van der Waals surface area contributed by atoms with Crippen molar-refractivity contribution in [2.24, 2.45) is 0 Å². The van der Waals surface area contributed by atoms with E-state index in [-0.39, 0.29) is 17.7 Å². The van der Waals surface area contributed by atoms with Crippen molar-refractivity contribution in [1.29, 1.82) is 0 Å². The number of rotatable bonds is 4. The third kappa shape index (κ3) is 3.55. The van der Waals surface area contributed by atoms with Gasteiger partial charge in [-0.15, -0.1) is 0 Å². The van der Waals surface area contributed by atoms with Crippen molar-refractivity contribution in [3.05, 3.63) is 39.8 Å². The Morgan fingerprint density at radius 3 is 2.65 bits per heavy atom. The molecule has 0 aliphatic carbocycles. The molecule has 1 aliphatic rings. The number of amides is 2. The van der Waals surface area contributed by atoms with Crippen LogP contribution >= 0.6 is 11.3 Å². The summed E-state index contributed by atoms with van der Waals surface area (Å²) in [6.07, 6.45) is 2.39. The molecular weight excluding hydrogens is 350 g/mol. The Morgan fingerprint density at radius 1 is 1.27 bits per heavy atom. The van der Waals surface area contributed by atoms with E-state index in [1.54, 1.807) is 20.3 Å². The van der Waals surface area contributed by atoms with Crippen LogP contribution in [0.5, 0.6) is 0 Å². The summed E-state index contributed by atoms with van der Waals surface area (Å²) in [5.41, 5.74) is 1.95. The molecule has 1 unspecified atom stereocenters. The zero-order chi connectivity index (χ0) is 18.8. The Balaban J connectivity index is 1.89. The number of hydrogen-bond acceptors (Lipinski definition) is 6. The van der Waals surface area contributed by atoms with E-state index in [4.69, 9.17) is 0 Å². The lowest BCUT2D eigenvalue weighted by Gasteiger charge is -2.20. The molecule has 3 rings (SSSR count). The molecule has 2 aromatic heterocycles. The largest absolute Gasteiger partial charge is 0.347 e. The number of nitrogens with zero attached hydrogens (tertiary/aromatic N) is 5. The number of carbonyl (C=O) groups excluding carboxylic acids is 2. The van der Waals surface area contributed by atoms with Gasteiger partial charge in [-0.3, -0.25) is 9.59 Å². The van der Waals surface area contributed by atoms with Crippen molar-refractivity contribution < 1.29 is 9.59 Å². The fourth-order valence-electron chi connectivity index (χ4n) is 3.05. The lowest BCUT2D eigenvalue weighted by atomic mass is 9.99. The van der Waals surface area contributed by atoms with Crippen LogP contribution in [0.2, 0.25) is 0 Å². The second kappa shape index (κ2) is 7.41. The second-order valence-corrected chi connectivity index (χ2v) is 7.59. The number of likely N-dealkylation sites (tertiary alicyclic amines) is 1. The van der Waals surface area contributed by atoms with Crippen LogP contribution in [0.3, 0.4) is 0 Å². The van der Waals surface area contributed by atoms with Crippen LogP contribution in [-0.4, -0.2) is 72.9 Å². The van der Waals surface area contributed by atoms with Gasteiger partial charge in [-0.2, -0.15) is 11.3 Å². The number of carbonyl (C=O) groups is 2. The minimum absolute atomic E-state index is 0.0261. The molecule has 0 N–H and O–H groups in total. The highest BCUT2D eigenvalue weighted by atomic mass is 32.1. The van der Waals surface area contributed by atoms with Gasteiger partial charge in [0.25, 0.3) is 11.8 Å². The van der Waals surface area contributed by atoms with Crippen molar-refractivity contribution in [1.82, 2.24) is 19.8 Å². The predicted octanol–water partition coefficient (Wildman–Crippen LogP) is 1.94. The lowest BCUT2D eigenvalue weighted by Crippen LogP contribution is -2.29. The van der Waals surface area contributed by atoms with Gasteiger partial charge in [0.1, 0.15) is 0 Å². The second-order valence-electron chi connectivity index (χ2n) is 6.81. The monoisotopic (exact) mass is 373 g/mol. The molecule has 0 radical (unpaired) electrons. The molecule has 26 heavy (non-hydrogen) atoms. The van der Waals surface area contributed by atoms with Crippen LogP contribution in [-0.2, 0) is 0 Å². The Labute approximate surface area is 157 Å². The Kier molecular flexibility index (Phi) is 5.22. The van der Waals surface area contributed by atoms with Gasteiger partial charge in [0.15, 0.2) is 0 Å². The van der Waals surface area contributed by atoms with Crippen molar-refractivity contribution in [2.75, 3.05) is 46.2 Å². The molecule has 7 nitrogen and oxygen atoms in total. The average Bonchev–Trinajstić information content (AvgIpc) is 3.31. The van der Waals surface area contributed by atoms with E-state index in [2.05, 4.69) is 9.97 Å². The molecule has 1 atom stereocenters. The number of thiophene rings is 1. The van der Waals surface area contributed by atoms with E-state index < -0.39 is 0 Å². The summed E-state index contributed by atoms with van der Waals surface area (Å²) in [6, 6.07) is 1.84. The summed E-state index contributed by atoms with van der Waals surface area (Å²) < 4.78 is 0. The molecule has 3 heterocycles. The van der Waals surface area contributed by atoms with Gasteiger partial charge in [-0.25, -0.2) is 9.97 Å². The molecule has 1 saturated heterocycles. The van der Waals surface area contributed by atoms with Crippen LogP contribution in [0.15, 0.2) is 23.0 Å². The molecular formula is C18H23N5O2S. The summed E-state index contributed by atoms with van der Waals surface area (Å²) in [5, 5.41) is 3.77. The Bertz CT molecular complexity index is 804. The molecule has 0 bridgehead atoms. The normalized spacial score (nSPS) is 16.6. The molecule has 0 saturated carbocycles. The van der Waals surface area contributed by atoms with Gasteiger partial charge < -0.3 is 14.7 Å². The van der Waals surface area contributed by atoms with Crippen LogP contribution in [0.25, 0.3) is 0 Å². The van der Waals surface area contributed by atoms with E-state index >= 15 is 0 Å². The molecule has 0 aromatic carbocycles. The Hall–Kier alpha value is -2.48. The first-order chi connectivity index (χ1) is 12.4. The van der Waals surface area contributed by atoms with Crippen LogP contribution in [0, 0.1) is 0 Å². The lowest BCUT2D eigenvalue weighted by molar-refractivity contribution is 0.0791. The van der Waals surface area contributed by atoms with Gasteiger partial charge in [0.2, 0.25) is 5.95 Å². The zero-order valence-corrected chi connectivity index (χ0v) is 16.3. The van der Waals surface area contributed by atoms with Crippen molar-refractivity contribution >= 4 is 29.1 Å². The SMILES string of the molecule is CN(C)C(=O)c1cnc(N(C)C)nc1C1CCN(C(=O)c2ccsc2)C1. The third-order valence-electron chi connectivity index (χ3n) is 4.47. The first-order valence-corrected chi connectivity index (χ1v) is 9.40. The van der Waals surface area contributed by atoms with Crippen molar-refractivity contribution in [3.8, 4) is 0 Å². The maximum Gasteiger partial charge on any atom is 0.256 e. The van der Waals surface area contributed by atoms with Gasteiger partial charge in [-0.1, -0.05) is 0 Å². The number of aromatic nitrogens is 2. The molecule has 1 fully saturated rings. The Morgan fingerprint density at radius 2 is 2.04 bits per heavy atom. The average molecular weight is 373 g/mol. The summed E-state index contributed by atoms with van der Waals surface area (Å²) in [7, 11) is 7.17. The molecule has 2 aromatic rings. The number of anilines is 1. The highest BCUT2D eigenvalue weighted by Gasteiger charge is 2.32. The number of hydrogen-bond donors (Lipinski definition) is 0. The molecule has 2 amide bonds. The maximum absolute atomic E-state index is 12.6. The first-order valence-electron chi connectivity index (χ1n) is 8.46. The summed E-state index contributed by atoms with van der Waals surface area (Å²) >= 11 is 1.51. The fraction of sp³-hybridized carbons (Fsp3) is 0.444. The maximum atomic E-state index is 12.6. The molecule has 8 heteroatoms. The minimum atomic E-state index is -0.118. The van der Waals surface area contributed by atoms with Crippen LogP contribution in [0.1, 0.15) is 38.7 Å². The smallest absolute Gasteiger partial charge is 0.256 e. The molecule has 1 aliphatic heterocycles. The van der Waals surface area contributed by atoms with Crippen LogP contribution in [0.4, 0.5) is 5.95 Å². The quantitative estimate of drug-likeness (QED) is 0.819. The first kappa shape index (κ1) is 18.3. The van der Waals surface area contributed by atoms with Gasteiger partial charge in [-0.05, 0) is 17.9 Å². The summed E-state index contributed by atoms with van der Waals surface area (Å²) in [6.45, 7) is 1.22. The molecule has 138 valence electrons. The fourth-order valence-corrected chi connectivity index (χ4v) is 3.68. The van der Waals surface area contributed by atoms with E-state index in [0.29, 0.717) is 24.6 Å². The van der Waals surface area contributed by atoms with E-state index in [9.17, 15) is 9.59 Å². The van der Waals surface area contributed by atoms with Gasteiger partial charge in [0.05, 0.1) is 16.8 Å². The topological polar surface area (TPSA) is 69.6 Å². The summed E-state index contributed by atoms with van der Waals surface area (Å²) in [5.74, 6) is 0.514. The summed E-state index contributed by atoms with van der Waals surface area (Å²) in [4.78, 5) is 39.3. The van der Waals surface area contributed by atoms with Gasteiger partial charge in [0, 0.05) is 58.8 Å². The van der Waals surface area contributed by atoms with E-state index in [0.717, 1.165) is 17.7 Å². The minimum Gasteiger partial charge on any atom is -0.347 e. The third-order valence-corrected chi connectivity index (χ3v) is 5.16. The van der Waals surface area contributed by atoms with E-state index in [1.165, 1.54) is 16.2 Å². The van der Waals surface area contributed by atoms with Crippen molar-refractivity contribution in [2.45, 2.75) is 12.3 Å². The van der Waals surface area contributed by atoms with Gasteiger partial charge >= 0.3 is 0 Å².